The average molecular weight is 517 g/mol. The van der Waals surface area contributed by atoms with Gasteiger partial charge >= 0.3 is 12.2 Å². The molecule has 1 N–H and O–H groups in total. The second kappa shape index (κ2) is 13.0. The van der Waals surface area contributed by atoms with E-state index in [2.05, 4.69) is 10.5 Å². The molecule has 0 fully saturated rings. The summed E-state index contributed by atoms with van der Waals surface area (Å²) in [4.78, 5) is 12.8. The first-order valence-corrected chi connectivity index (χ1v) is 11.8. The van der Waals surface area contributed by atoms with E-state index in [1.165, 1.54) is 6.21 Å². The Balaban J connectivity index is 1.39. The zero-order valence-corrected chi connectivity index (χ0v) is 20.8. The van der Waals surface area contributed by atoms with Crippen LogP contribution in [-0.4, -0.2) is 25.5 Å². The van der Waals surface area contributed by atoms with Crippen LogP contribution in [0, 0.1) is 0 Å². The Bertz CT molecular complexity index is 1270. The van der Waals surface area contributed by atoms with E-state index in [0.29, 0.717) is 40.2 Å². The molecule has 4 aromatic rings. The van der Waals surface area contributed by atoms with Gasteiger partial charge in [0.1, 0.15) is 18.1 Å². The highest BCUT2D eigenvalue weighted by Gasteiger charge is 2.22. The van der Waals surface area contributed by atoms with Gasteiger partial charge in [0.05, 0.1) is 13.3 Å². The minimum Gasteiger partial charge on any atom is -0.493 e. The maximum atomic E-state index is 12.8. The zero-order valence-electron chi connectivity index (χ0n) is 20.0. The third-order valence-electron chi connectivity index (χ3n) is 5.07. The van der Waals surface area contributed by atoms with Crippen molar-refractivity contribution in [2.45, 2.75) is 12.9 Å². The maximum Gasteiger partial charge on any atom is 0.323 e. The van der Waals surface area contributed by atoms with E-state index in [1.54, 1.807) is 73.8 Å². The van der Waals surface area contributed by atoms with Gasteiger partial charge in [0.2, 0.25) is 0 Å². The predicted octanol–water partition coefficient (Wildman–Crippen LogP) is 5.86. The van der Waals surface area contributed by atoms with Crippen molar-refractivity contribution in [2.24, 2.45) is 5.10 Å². The van der Waals surface area contributed by atoms with E-state index in [-0.39, 0.29) is 0 Å². The molecule has 7 nitrogen and oxygen atoms in total. The van der Waals surface area contributed by atoms with Crippen LogP contribution in [0.1, 0.15) is 11.1 Å². The fourth-order valence-electron chi connectivity index (χ4n) is 3.22. The first-order chi connectivity index (χ1) is 18.1. The Labute approximate surface area is 220 Å². The smallest absolute Gasteiger partial charge is 0.323 e. The molecule has 0 atom stereocenters. The fourth-order valence-corrected chi connectivity index (χ4v) is 3.35. The number of hydrogen-bond donors (Lipinski definition) is 1. The minimum absolute atomic E-state index is 0.362. The second-order valence-electron chi connectivity index (χ2n) is 7.75. The quantitative estimate of drug-likeness (QED) is 0.153. The number of methoxy groups -OCH3 is 1. The van der Waals surface area contributed by atoms with Gasteiger partial charge in [0.15, 0.2) is 11.5 Å². The standard InChI is InChI=1S/C29H25ClN2O5/c1-34-27-18-22(14-17-26(27)35-20-21-12-15-23(30)16-13-21)19-31-32-28(33)29(36-24-8-4-2-5-9-24)37-25-10-6-3-7-11-25/h2-19,29H,20H2,1H3,(H,32,33)/b31-19-. The third kappa shape index (κ3) is 7.75. The summed E-state index contributed by atoms with van der Waals surface area (Å²) < 4.78 is 22.8. The van der Waals surface area contributed by atoms with Crippen LogP contribution in [0.4, 0.5) is 0 Å². The van der Waals surface area contributed by atoms with E-state index in [4.69, 9.17) is 30.5 Å². The predicted molar refractivity (Wildman–Crippen MR) is 142 cm³/mol. The first-order valence-electron chi connectivity index (χ1n) is 11.4. The highest BCUT2D eigenvalue weighted by molar-refractivity contribution is 6.30. The average Bonchev–Trinajstić information content (AvgIpc) is 2.94. The van der Waals surface area contributed by atoms with Crippen LogP contribution in [0.15, 0.2) is 108 Å². The molecule has 4 rings (SSSR count). The molecule has 0 aliphatic heterocycles. The van der Waals surface area contributed by atoms with E-state index < -0.39 is 12.2 Å². The second-order valence-corrected chi connectivity index (χ2v) is 8.19. The molecule has 8 heteroatoms. The molecule has 0 radical (unpaired) electrons. The van der Waals surface area contributed by atoms with Gasteiger partial charge < -0.3 is 18.9 Å². The summed E-state index contributed by atoms with van der Waals surface area (Å²) in [7, 11) is 1.56. The van der Waals surface area contributed by atoms with Gasteiger partial charge in [-0.15, -0.1) is 0 Å². The van der Waals surface area contributed by atoms with Crippen molar-refractivity contribution in [3.05, 3.63) is 119 Å². The number of halogens is 1. The van der Waals surface area contributed by atoms with Crippen molar-refractivity contribution in [3.63, 3.8) is 0 Å². The van der Waals surface area contributed by atoms with Crippen LogP contribution >= 0.6 is 11.6 Å². The zero-order chi connectivity index (χ0) is 25.9. The van der Waals surface area contributed by atoms with Gasteiger partial charge in [0.25, 0.3) is 0 Å². The topological polar surface area (TPSA) is 78.4 Å². The van der Waals surface area contributed by atoms with Gasteiger partial charge in [-0.05, 0) is 65.7 Å². The molecule has 37 heavy (non-hydrogen) atoms. The van der Waals surface area contributed by atoms with Crippen molar-refractivity contribution in [1.29, 1.82) is 0 Å². The van der Waals surface area contributed by atoms with Gasteiger partial charge in [-0.2, -0.15) is 5.10 Å². The molecular weight excluding hydrogens is 492 g/mol. The number of rotatable bonds is 11. The molecule has 0 unspecified atom stereocenters. The van der Waals surface area contributed by atoms with Crippen LogP contribution in [0.3, 0.4) is 0 Å². The van der Waals surface area contributed by atoms with Crippen LogP contribution in [0.2, 0.25) is 5.02 Å². The summed E-state index contributed by atoms with van der Waals surface area (Å²) >= 11 is 5.93. The Morgan fingerprint density at radius 1 is 0.865 bits per heavy atom. The number of ether oxygens (including phenoxy) is 4. The normalized spacial score (nSPS) is 10.8. The van der Waals surface area contributed by atoms with Gasteiger partial charge in [0, 0.05) is 5.02 Å². The molecule has 0 heterocycles. The highest BCUT2D eigenvalue weighted by Crippen LogP contribution is 2.28. The van der Waals surface area contributed by atoms with E-state index in [1.807, 2.05) is 36.4 Å². The molecule has 4 aromatic carbocycles. The van der Waals surface area contributed by atoms with Gasteiger partial charge in [-0.25, -0.2) is 5.43 Å². The number of para-hydroxylation sites is 2. The Kier molecular flexibility index (Phi) is 8.99. The Morgan fingerprint density at radius 2 is 1.49 bits per heavy atom. The largest absolute Gasteiger partial charge is 0.493 e. The molecule has 0 aromatic heterocycles. The summed E-state index contributed by atoms with van der Waals surface area (Å²) in [6.45, 7) is 0.362. The molecular formula is C29H25ClN2O5. The molecule has 188 valence electrons. The summed E-state index contributed by atoms with van der Waals surface area (Å²) in [5.41, 5.74) is 4.14. The monoisotopic (exact) mass is 516 g/mol. The number of benzene rings is 4. The van der Waals surface area contributed by atoms with Crippen molar-refractivity contribution < 1.29 is 23.7 Å². The summed E-state index contributed by atoms with van der Waals surface area (Å²) in [5.74, 6) is 1.51. The van der Waals surface area contributed by atoms with Crippen LogP contribution in [0.5, 0.6) is 23.0 Å². The number of carbonyl (C=O) groups excluding carboxylic acids is 1. The number of carbonyl (C=O) groups is 1. The number of nitrogens with one attached hydrogen (secondary N) is 1. The lowest BCUT2D eigenvalue weighted by Gasteiger charge is -2.18. The molecule has 0 bridgehead atoms. The Morgan fingerprint density at radius 3 is 2.08 bits per heavy atom. The highest BCUT2D eigenvalue weighted by atomic mass is 35.5. The number of hydrogen-bond acceptors (Lipinski definition) is 6. The summed E-state index contributed by atoms with van der Waals surface area (Å²) in [6, 6.07) is 30.6. The fraction of sp³-hybridized carbons (Fsp3) is 0.103. The molecule has 0 aliphatic carbocycles. The molecule has 0 saturated heterocycles. The summed E-state index contributed by atoms with van der Waals surface area (Å²) in [6.07, 6.45) is 0.242. The first kappa shape index (κ1) is 25.6. The van der Waals surface area contributed by atoms with Crippen molar-refractivity contribution in [3.8, 4) is 23.0 Å². The lowest BCUT2D eigenvalue weighted by atomic mass is 10.2. The molecule has 0 aliphatic rings. The van der Waals surface area contributed by atoms with Crippen LogP contribution < -0.4 is 24.4 Å². The van der Waals surface area contributed by atoms with Gasteiger partial charge in [-0.1, -0.05) is 60.1 Å². The van der Waals surface area contributed by atoms with E-state index in [0.717, 1.165) is 5.56 Å². The molecule has 0 spiro atoms. The molecule has 1 amide bonds. The number of nitrogens with zero attached hydrogens (tertiary/aromatic N) is 1. The van der Waals surface area contributed by atoms with Crippen LogP contribution in [-0.2, 0) is 11.4 Å². The SMILES string of the molecule is COc1cc(/C=N\NC(=O)C(Oc2ccccc2)Oc2ccccc2)ccc1OCc1ccc(Cl)cc1. The van der Waals surface area contributed by atoms with E-state index >= 15 is 0 Å². The minimum atomic E-state index is -1.25. The number of amides is 1. The number of hydrazone groups is 1. The van der Waals surface area contributed by atoms with E-state index in [9.17, 15) is 4.79 Å². The maximum absolute atomic E-state index is 12.8. The molecule has 0 saturated carbocycles. The van der Waals surface area contributed by atoms with Crippen molar-refractivity contribution >= 4 is 23.7 Å². The third-order valence-corrected chi connectivity index (χ3v) is 5.32. The van der Waals surface area contributed by atoms with Crippen LogP contribution in [0.25, 0.3) is 0 Å². The van der Waals surface area contributed by atoms with Gasteiger partial charge in [-0.3, -0.25) is 4.79 Å². The van der Waals surface area contributed by atoms with Crippen molar-refractivity contribution in [1.82, 2.24) is 5.43 Å². The Hall–Kier alpha value is -4.49. The van der Waals surface area contributed by atoms with Crippen molar-refractivity contribution in [2.75, 3.05) is 7.11 Å². The lowest BCUT2D eigenvalue weighted by molar-refractivity contribution is -0.140. The summed E-state index contributed by atoms with van der Waals surface area (Å²) in [5, 5.41) is 4.73. The lowest BCUT2D eigenvalue weighted by Crippen LogP contribution is -2.40.